The Kier molecular flexibility index (Phi) is 3.87. The van der Waals surface area contributed by atoms with E-state index in [1.54, 1.807) is 4.31 Å². The number of sulfonamides is 1. The summed E-state index contributed by atoms with van der Waals surface area (Å²) in [4.78, 5) is 0. The predicted molar refractivity (Wildman–Crippen MR) is 64.8 cm³/mol. The zero-order valence-corrected chi connectivity index (χ0v) is 10.8. The maximum Gasteiger partial charge on any atom is 0.214 e. The van der Waals surface area contributed by atoms with Crippen molar-refractivity contribution in [1.82, 2.24) is 9.62 Å². The van der Waals surface area contributed by atoms with Gasteiger partial charge < -0.3 is 5.32 Å². The highest BCUT2D eigenvalue weighted by Gasteiger charge is 2.33. The molecule has 2 unspecified atom stereocenters. The lowest BCUT2D eigenvalue weighted by Gasteiger charge is -2.25. The third-order valence-corrected chi connectivity index (χ3v) is 5.65. The van der Waals surface area contributed by atoms with Gasteiger partial charge in [0.25, 0.3) is 0 Å². The molecule has 0 aliphatic carbocycles. The van der Waals surface area contributed by atoms with E-state index < -0.39 is 10.0 Å². The first-order chi connectivity index (χ1) is 7.58. The van der Waals surface area contributed by atoms with Gasteiger partial charge in [-0.25, -0.2) is 12.7 Å². The molecule has 16 heavy (non-hydrogen) atoms. The first-order valence-electron chi connectivity index (χ1n) is 6.29. The van der Waals surface area contributed by atoms with Crippen LogP contribution < -0.4 is 5.32 Å². The van der Waals surface area contributed by atoms with Crippen LogP contribution in [0.5, 0.6) is 0 Å². The monoisotopic (exact) mass is 246 g/mol. The lowest BCUT2D eigenvalue weighted by atomic mass is 10.0. The van der Waals surface area contributed by atoms with Crippen molar-refractivity contribution < 1.29 is 8.42 Å². The number of nitrogens with zero attached hydrogens (tertiary/aromatic N) is 1. The largest absolute Gasteiger partial charge is 0.314 e. The summed E-state index contributed by atoms with van der Waals surface area (Å²) < 4.78 is 25.2. The van der Waals surface area contributed by atoms with Gasteiger partial charge in [-0.05, 0) is 31.7 Å². The molecule has 94 valence electrons. The zero-order chi connectivity index (χ0) is 11.6. The number of nitrogens with one attached hydrogen (secondary N) is 1. The second-order valence-electron chi connectivity index (χ2n) is 5.18. The van der Waals surface area contributed by atoms with E-state index >= 15 is 0 Å². The highest BCUT2D eigenvalue weighted by atomic mass is 32.2. The summed E-state index contributed by atoms with van der Waals surface area (Å²) in [7, 11) is -2.93. The van der Waals surface area contributed by atoms with Gasteiger partial charge in [0, 0.05) is 19.1 Å². The minimum Gasteiger partial charge on any atom is -0.314 e. The summed E-state index contributed by atoms with van der Waals surface area (Å²) in [6, 6.07) is 0.528. The van der Waals surface area contributed by atoms with E-state index in [-0.39, 0.29) is 0 Å². The minimum atomic E-state index is -2.93. The van der Waals surface area contributed by atoms with E-state index in [0.29, 0.717) is 24.3 Å². The molecule has 2 atom stereocenters. The Labute approximate surface area is 98.4 Å². The van der Waals surface area contributed by atoms with Crippen LogP contribution in [-0.4, -0.2) is 44.2 Å². The SMILES string of the molecule is CC1CN(CCC2CCCCN2)S(=O)(=O)C1. The molecule has 4 nitrogen and oxygen atoms in total. The first kappa shape index (κ1) is 12.3. The third kappa shape index (κ3) is 2.96. The highest BCUT2D eigenvalue weighted by Crippen LogP contribution is 2.20. The molecule has 2 saturated heterocycles. The van der Waals surface area contributed by atoms with Gasteiger partial charge in [0.1, 0.15) is 0 Å². The molecule has 0 aromatic rings. The summed E-state index contributed by atoms with van der Waals surface area (Å²) in [5.74, 6) is 0.634. The van der Waals surface area contributed by atoms with Gasteiger partial charge in [-0.1, -0.05) is 13.3 Å². The van der Waals surface area contributed by atoms with Crippen LogP contribution in [0.1, 0.15) is 32.6 Å². The predicted octanol–water partition coefficient (Wildman–Crippen LogP) is 0.800. The van der Waals surface area contributed by atoms with E-state index in [1.165, 1.54) is 19.3 Å². The summed E-state index contributed by atoms with van der Waals surface area (Å²) in [5, 5.41) is 3.46. The second kappa shape index (κ2) is 5.02. The molecule has 1 N–H and O–H groups in total. The maximum absolute atomic E-state index is 11.8. The molecule has 0 spiro atoms. The summed E-state index contributed by atoms with van der Waals surface area (Å²) >= 11 is 0. The van der Waals surface area contributed by atoms with Crippen LogP contribution in [0.4, 0.5) is 0 Å². The maximum atomic E-state index is 11.8. The number of rotatable bonds is 3. The molecule has 0 radical (unpaired) electrons. The van der Waals surface area contributed by atoms with Crippen molar-refractivity contribution >= 4 is 10.0 Å². The fraction of sp³-hybridized carbons (Fsp3) is 1.00. The van der Waals surface area contributed by atoms with Crippen molar-refractivity contribution in [2.24, 2.45) is 5.92 Å². The minimum absolute atomic E-state index is 0.296. The Balaban J connectivity index is 1.81. The quantitative estimate of drug-likeness (QED) is 0.801. The molecule has 2 heterocycles. The Bertz CT molecular complexity index is 323. The first-order valence-corrected chi connectivity index (χ1v) is 7.90. The molecule has 0 saturated carbocycles. The van der Waals surface area contributed by atoms with Crippen LogP contribution in [0.25, 0.3) is 0 Å². The van der Waals surface area contributed by atoms with Gasteiger partial charge >= 0.3 is 0 Å². The van der Waals surface area contributed by atoms with Crippen molar-refractivity contribution in [2.45, 2.75) is 38.6 Å². The van der Waals surface area contributed by atoms with Crippen molar-refractivity contribution in [3.05, 3.63) is 0 Å². The number of piperidine rings is 1. The zero-order valence-electron chi connectivity index (χ0n) is 9.98. The molecule has 2 aliphatic heterocycles. The molecule has 2 rings (SSSR count). The Hall–Kier alpha value is -0.130. The van der Waals surface area contributed by atoms with E-state index in [0.717, 1.165) is 19.5 Å². The van der Waals surface area contributed by atoms with Crippen molar-refractivity contribution in [1.29, 1.82) is 0 Å². The van der Waals surface area contributed by atoms with Gasteiger partial charge in [-0.2, -0.15) is 0 Å². The van der Waals surface area contributed by atoms with Gasteiger partial charge in [-0.15, -0.1) is 0 Å². The van der Waals surface area contributed by atoms with Crippen LogP contribution in [0.15, 0.2) is 0 Å². The lowest BCUT2D eigenvalue weighted by Crippen LogP contribution is -2.38. The molecule has 0 aromatic heterocycles. The van der Waals surface area contributed by atoms with Crippen LogP contribution in [0, 0.1) is 5.92 Å². The Morgan fingerprint density at radius 2 is 2.19 bits per heavy atom. The van der Waals surface area contributed by atoms with Crippen LogP contribution in [-0.2, 0) is 10.0 Å². The average Bonchev–Trinajstić information content (AvgIpc) is 2.50. The molecule has 5 heteroatoms. The summed E-state index contributed by atoms with van der Waals surface area (Å²) in [5.41, 5.74) is 0. The normalized spacial score (nSPS) is 35.3. The van der Waals surface area contributed by atoms with Crippen molar-refractivity contribution in [2.75, 3.05) is 25.4 Å². The smallest absolute Gasteiger partial charge is 0.214 e. The van der Waals surface area contributed by atoms with E-state index in [4.69, 9.17) is 0 Å². The van der Waals surface area contributed by atoms with Gasteiger partial charge in [0.05, 0.1) is 5.75 Å². The van der Waals surface area contributed by atoms with Crippen LogP contribution in [0.3, 0.4) is 0 Å². The van der Waals surface area contributed by atoms with Gasteiger partial charge in [-0.3, -0.25) is 0 Å². The summed E-state index contributed by atoms with van der Waals surface area (Å²) in [6.45, 7) is 4.52. The fourth-order valence-electron chi connectivity index (χ4n) is 2.68. The molecule has 0 bridgehead atoms. The average molecular weight is 246 g/mol. The molecule has 0 amide bonds. The lowest BCUT2D eigenvalue weighted by molar-refractivity contribution is 0.334. The standard InChI is InChI=1S/C11H22N2O2S/c1-10-8-13(16(14,15)9-10)7-5-11-4-2-3-6-12-11/h10-12H,2-9H2,1H3. The Morgan fingerprint density at radius 1 is 1.38 bits per heavy atom. The summed E-state index contributed by atoms with van der Waals surface area (Å²) in [6.07, 6.45) is 4.70. The molecular formula is C11H22N2O2S. The van der Waals surface area contributed by atoms with Crippen molar-refractivity contribution in [3.63, 3.8) is 0 Å². The molecule has 0 aromatic carbocycles. The van der Waals surface area contributed by atoms with Gasteiger partial charge in [0.2, 0.25) is 10.0 Å². The molecule has 2 aliphatic rings. The van der Waals surface area contributed by atoms with E-state index in [9.17, 15) is 8.42 Å². The number of hydrogen-bond acceptors (Lipinski definition) is 3. The third-order valence-electron chi connectivity index (χ3n) is 3.54. The molecular weight excluding hydrogens is 224 g/mol. The topological polar surface area (TPSA) is 49.4 Å². The van der Waals surface area contributed by atoms with E-state index in [1.807, 2.05) is 6.92 Å². The van der Waals surface area contributed by atoms with Crippen molar-refractivity contribution in [3.8, 4) is 0 Å². The van der Waals surface area contributed by atoms with E-state index in [2.05, 4.69) is 5.32 Å². The fourth-order valence-corrected chi connectivity index (χ4v) is 4.58. The molecule has 2 fully saturated rings. The highest BCUT2D eigenvalue weighted by molar-refractivity contribution is 7.89. The van der Waals surface area contributed by atoms with Gasteiger partial charge in [0.15, 0.2) is 0 Å². The Morgan fingerprint density at radius 3 is 2.75 bits per heavy atom. The van der Waals surface area contributed by atoms with Crippen LogP contribution in [0.2, 0.25) is 0 Å². The second-order valence-corrected chi connectivity index (χ2v) is 7.19. The van der Waals surface area contributed by atoms with Crippen LogP contribution >= 0.6 is 0 Å². The number of hydrogen-bond donors (Lipinski definition) is 1.